The number of carbonyl (C=O) groups is 2. The average molecular weight is 389 g/mol. The van der Waals surface area contributed by atoms with Crippen LogP contribution in [0, 0.1) is 40.4 Å². The lowest BCUT2D eigenvalue weighted by atomic mass is 9.44. The van der Waals surface area contributed by atoms with Crippen LogP contribution in [0.4, 0.5) is 0 Å². The highest BCUT2D eigenvalue weighted by Gasteiger charge is 2.63. The van der Waals surface area contributed by atoms with Gasteiger partial charge in [-0.05, 0) is 80.0 Å². The molecule has 3 nitrogen and oxygen atoms in total. The van der Waals surface area contributed by atoms with Crippen molar-refractivity contribution in [3.63, 3.8) is 0 Å². The van der Waals surface area contributed by atoms with Crippen molar-refractivity contribution in [2.45, 2.75) is 104 Å². The lowest BCUT2D eigenvalue weighted by molar-refractivity contribution is -0.162. The van der Waals surface area contributed by atoms with Gasteiger partial charge in [0, 0.05) is 24.7 Å². The van der Waals surface area contributed by atoms with Crippen LogP contribution in [0.25, 0.3) is 0 Å². The normalized spacial score (nSPS) is 47.9. The first-order valence-corrected chi connectivity index (χ1v) is 12.0. The number of ketones is 2. The molecule has 0 saturated heterocycles. The van der Waals surface area contributed by atoms with Gasteiger partial charge in [-0.15, -0.1) is 0 Å². The van der Waals surface area contributed by atoms with E-state index in [0.717, 1.165) is 64.2 Å². The molecule has 0 aromatic carbocycles. The second kappa shape index (κ2) is 7.52. The fraction of sp³-hybridized carbons (Fsp3) is 0.920. The van der Waals surface area contributed by atoms with Crippen LogP contribution in [-0.2, 0) is 9.59 Å². The maximum atomic E-state index is 13.6. The number of fused-ring (bicyclic) bond motifs is 5. The van der Waals surface area contributed by atoms with Crippen molar-refractivity contribution in [2.75, 3.05) is 0 Å². The van der Waals surface area contributed by atoms with Crippen LogP contribution in [0.1, 0.15) is 97.8 Å². The molecule has 0 radical (unpaired) electrons. The number of Topliss-reactive ketones (excluding diaryl/α,β-unsaturated/α-hetero) is 2. The molecular formula is C25H40O3. The summed E-state index contributed by atoms with van der Waals surface area (Å²) in [5, 5.41) is 10.2. The van der Waals surface area contributed by atoms with E-state index in [1.54, 1.807) is 0 Å². The average Bonchev–Trinajstić information content (AvgIpc) is 2.98. The lowest BCUT2D eigenvalue weighted by Crippen LogP contribution is -2.58. The molecule has 28 heavy (non-hydrogen) atoms. The van der Waals surface area contributed by atoms with Crippen LogP contribution in [0.2, 0.25) is 0 Å². The molecule has 4 aliphatic carbocycles. The number of unbranched alkanes of at least 4 members (excludes halogenated alkanes) is 2. The fourth-order valence-electron chi connectivity index (χ4n) is 8.30. The van der Waals surface area contributed by atoms with E-state index < -0.39 is 0 Å². The summed E-state index contributed by atoms with van der Waals surface area (Å²) in [6.45, 7) is 6.81. The third-order valence-corrected chi connectivity index (χ3v) is 9.74. The number of rotatable bonds is 5. The zero-order valence-electron chi connectivity index (χ0n) is 18.2. The molecular weight excluding hydrogens is 348 g/mol. The molecule has 8 atom stereocenters. The van der Waals surface area contributed by atoms with Crippen LogP contribution >= 0.6 is 0 Å². The summed E-state index contributed by atoms with van der Waals surface area (Å²) in [7, 11) is 0. The molecule has 3 heteroatoms. The first kappa shape index (κ1) is 20.6. The first-order valence-electron chi connectivity index (χ1n) is 12.0. The Balaban J connectivity index is 1.56. The summed E-state index contributed by atoms with van der Waals surface area (Å²) < 4.78 is 0. The number of aliphatic hydroxyl groups is 1. The third kappa shape index (κ3) is 3.11. The van der Waals surface area contributed by atoms with E-state index in [2.05, 4.69) is 20.8 Å². The van der Waals surface area contributed by atoms with Gasteiger partial charge in [0.25, 0.3) is 0 Å². The summed E-state index contributed by atoms with van der Waals surface area (Å²) in [5.41, 5.74) is -0.0251. The second-order valence-electron chi connectivity index (χ2n) is 11.2. The van der Waals surface area contributed by atoms with Crippen LogP contribution in [0.3, 0.4) is 0 Å². The van der Waals surface area contributed by atoms with Gasteiger partial charge in [-0.25, -0.2) is 0 Å². The number of aliphatic hydroxyl groups excluding tert-OH is 1. The van der Waals surface area contributed by atoms with E-state index in [1.807, 2.05) is 0 Å². The molecule has 0 spiro atoms. The van der Waals surface area contributed by atoms with Gasteiger partial charge in [0.2, 0.25) is 0 Å². The molecule has 4 rings (SSSR count). The van der Waals surface area contributed by atoms with Gasteiger partial charge in [-0.1, -0.05) is 33.6 Å². The summed E-state index contributed by atoms with van der Waals surface area (Å²) in [6.07, 6.45) is 11.6. The van der Waals surface area contributed by atoms with Crippen molar-refractivity contribution in [3.8, 4) is 0 Å². The molecule has 4 fully saturated rings. The molecule has 1 N–H and O–H groups in total. The van der Waals surface area contributed by atoms with Gasteiger partial charge in [0.15, 0.2) is 0 Å². The number of carbonyl (C=O) groups excluding carboxylic acids is 2. The standard InChI is InChI=1S/C25H40O3/c1-4-5-6-7-21(27)20-11-10-19-18-9-8-16-14-17(26)12-13-24(16,2)23(18)22(28)15-25(19,20)3/h16-20,23,26H,4-15H2,1-3H3/t16-,17+,18-,19-,20+,23+,24-,25-/m0/s1. The molecule has 4 saturated carbocycles. The largest absolute Gasteiger partial charge is 0.393 e. The van der Waals surface area contributed by atoms with Gasteiger partial charge in [0.05, 0.1) is 6.10 Å². The molecule has 0 aromatic heterocycles. The van der Waals surface area contributed by atoms with Crippen molar-refractivity contribution < 1.29 is 14.7 Å². The Labute approximate surface area is 171 Å². The Kier molecular flexibility index (Phi) is 5.53. The molecule has 0 bridgehead atoms. The zero-order chi connectivity index (χ0) is 20.1. The quantitative estimate of drug-likeness (QED) is 0.647. The van der Waals surface area contributed by atoms with E-state index in [0.29, 0.717) is 42.2 Å². The van der Waals surface area contributed by atoms with Crippen molar-refractivity contribution in [3.05, 3.63) is 0 Å². The highest BCUT2D eigenvalue weighted by molar-refractivity contribution is 5.87. The van der Waals surface area contributed by atoms with Crippen LogP contribution < -0.4 is 0 Å². The molecule has 4 aliphatic rings. The molecule has 0 amide bonds. The minimum atomic E-state index is -0.171. The molecule has 0 heterocycles. The van der Waals surface area contributed by atoms with Crippen molar-refractivity contribution in [2.24, 2.45) is 40.4 Å². The summed E-state index contributed by atoms with van der Waals surface area (Å²) in [5.74, 6) is 2.67. The Hall–Kier alpha value is -0.700. The fourth-order valence-corrected chi connectivity index (χ4v) is 8.30. The molecule has 0 aromatic rings. The maximum absolute atomic E-state index is 13.6. The van der Waals surface area contributed by atoms with Crippen LogP contribution in [0.15, 0.2) is 0 Å². The Morgan fingerprint density at radius 1 is 1.07 bits per heavy atom. The zero-order valence-corrected chi connectivity index (χ0v) is 18.2. The predicted molar refractivity (Wildman–Crippen MR) is 111 cm³/mol. The SMILES string of the molecule is CCCCCC(=O)[C@H]1CC[C@H]2[C@@H]3CC[C@H]4C[C@H](O)CC[C@]4(C)[C@H]3C(=O)C[C@]12C. The third-order valence-electron chi connectivity index (χ3n) is 9.74. The van der Waals surface area contributed by atoms with E-state index in [-0.39, 0.29) is 28.8 Å². The van der Waals surface area contributed by atoms with Crippen LogP contribution in [0.5, 0.6) is 0 Å². The highest BCUT2D eigenvalue weighted by atomic mass is 16.3. The minimum Gasteiger partial charge on any atom is -0.393 e. The van der Waals surface area contributed by atoms with Crippen molar-refractivity contribution in [1.82, 2.24) is 0 Å². The predicted octanol–water partition coefficient (Wildman–Crippen LogP) is 5.33. The highest BCUT2D eigenvalue weighted by Crippen LogP contribution is 2.66. The summed E-state index contributed by atoms with van der Waals surface area (Å²) >= 11 is 0. The number of hydrogen-bond donors (Lipinski definition) is 1. The monoisotopic (exact) mass is 388 g/mol. The Bertz CT molecular complexity index is 627. The summed E-state index contributed by atoms with van der Waals surface area (Å²) in [4.78, 5) is 26.6. The van der Waals surface area contributed by atoms with E-state index in [9.17, 15) is 14.7 Å². The van der Waals surface area contributed by atoms with Crippen LogP contribution in [-0.4, -0.2) is 22.8 Å². The Morgan fingerprint density at radius 2 is 1.86 bits per heavy atom. The molecule has 0 unspecified atom stereocenters. The van der Waals surface area contributed by atoms with Gasteiger partial charge in [0.1, 0.15) is 11.6 Å². The van der Waals surface area contributed by atoms with Crippen molar-refractivity contribution >= 4 is 11.6 Å². The minimum absolute atomic E-state index is 0.0732. The summed E-state index contributed by atoms with van der Waals surface area (Å²) in [6, 6.07) is 0. The van der Waals surface area contributed by atoms with Gasteiger partial charge < -0.3 is 5.11 Å². The van der Waals surface area contributed by atoms with E-state index in [4.69, 9.17) is 0 Å². The lowest BCUT2D eigenvalue weighted by Gasteiger charge is -2.59. The van der Waals surface area contributed by atoms with Gasteiger partial charge in [-0.3, -0.25) is 9.59 Å². The Morgan fingerprint density at radius 3 is 2.61 bits per heavy atom. The molecule has 158 valence electrons. The molecule has 0 aliphatic heterocycles. The smallest absolute Gasteiger partial charge is 0.137 e. The van der Waals surface area contributed by atoms with Gasteiger partial charge in [-0.2, -0.15) is 0 Å². The van der Waals surface area contributed by atoms with E-state index in [1.165, 1.54) is 0 Å². The maximum Gasteiger partial charge on any atom is 0.137 e. The van der Waals surface area contributed by atoms with Crippen molar-refractivity contribution in [1.29, 1.82) is 0 Å². The van der Waals surface area contributed by atoms with E-state index >= 15 is 0 Å². The number of hydrogen-bond acceptors (Lipinski definition) is 3. The van der Waals surface area contributed by atoms with Gasteiger partial charge >= 0.3 is 0 Å². The first-order chi connectivity index (χ1) is 13.3. The topological polar surface area (TPSA) is 54.4 Å². The second-order valence-corrected chi connectivity index (χ2v) is 11.2.